The molecule has 2 aromatic heterocycles. The summed E-state index contributed by atoms with van der Waals surface area (Å²) >= 11 is 5.34. The van der Waals surface area contributed by atoms with E-state index in [9.17, 15) is 0 Å². The number of nitrogen functional groups attached to an aromatic ring is 1. The maximum Gasteiger partial charge on any atom is 0.218 e. The Morgan fingerprint density at radius 3 is 2.85 bits per heavy atom. The highest BCUT2D eigenvalue weighted by atomic mass is 32.1. The van der Waals surface area contributed by atoms with E-state index in [0.717, 1.165) is 31.9 Å². The number of nitrogens with zero attached hydrogens (tertiary/aromatic N) is 5. The van der Waals surface area contributed by atoms with Gasteiger partial charge in [-0.3, -0.25) is 9.88 Å². The second kappa shape index (κ2) is 5.70. The number of hydrogen-bond acceptors (Lipinski definition) is 6. The summed E-state index contributed by atoms with van der Waals surface area (Å²) in [6, 6.07) is 3.76. The highest BCUT2D eigenvalue weighted by Crippen LogP contribution is 2.15. The predicted molar refractivity (Wildman–Crippen MR) is 76.8 cm³/mol. The van der Waals surface area contributed by atoms with Crippen molar-refractivity contribution in [2.24, 2.45) is 0 Å². The first-order chi connectivity index (χ1) is 9.75. The molecule has 0 amide bonds. The van der Waals surface area contributed by atoms with Crippen LogP contribution in [-0.4, -0.2) is 50.6 Å². The number of pyridine rings is 1. The van der Waals surface area contributed by atoms with Crippen molar-refractivity contribution in [3.63, 3.8) is 0 Å². The van der Waals surface area contributed by atoms with Crippen LogP contribution in [0.4, 0.5) is 0 Å². The smallest absolute Gasteiger partial charge is 0.218 e. The van der Waals surface area contributed by atoms with E-state index < -0.39 is 0 Å². The molecule has 7 nitrogen and oxygen atoms in total. The van der Waals surface area contributed by atoms with Crippen LogP contribution < -0.4 is 5.84 Å². The summed E-state index contributed by atoms with van der Waals surface area (Å²) in [7, 11) is 0. The van der Waals surface area contributed by atoms with Gasteiger partial charge in [0.15, 0.2) is 5.82 Å². The molecule has 0 spiro atoms. The van der Waals surface area contributed by atoms with Crippen LogP contribution in [0.5, 0.6) is 0 Å². The van der Waals surface area contributed by atoms with Crippen LogP contribution in [0.1, 0.15) is 0 Å². The summed E-state index contributed by atoms with van der Waals surface area (Å²) in [6.07, 6.45) is 3.43. The van der Waals surface area contributed by atoms with Gasteiger partial charge in [-0.05, 0) is 24.4 Å². The maximum absolute atomic E-state index is 6.00. The number of rotatable bonds is 3. The molecule has 0 atom stereocenters. The Labute approximate surface area is 121 Å². The van der Waals surface area contributed by atoms with E-state index in [1.165, 1.54) is 4.68 Å². The van der Waals surface area contributed by atoms with Crippen LogP contribution in [0, 0.1) is 4.77 Å². The Kier molecular flexibility index (Phi) is 3.77. The molecule has 0 aliphatic carbocycles. The van der Waals surface area contributed by atoms with Crippen molar-refractivity contribution in [3.05, 3.63) is 29.3 Å². The Hall–Kier alpha value is -1.77. The summed E-state index contributed by atoms with van der Waals surface area (Å²) in [5.41, 5.74) is 0.849. The van der Waals surface area contributed by atoms with Crippen molar-refractivity contribution in [1.82, 2.24) is 24.3 Å². The quantitative estimate of drug-likeness (QED) is 0.655. The number of aromatic nitrogens is 4. The lowest BCUT2D eigenvalue weighted by atomic mass is 10.3. The fraction of sp³-hybridized carbons (Fsp3) is 0.417. The monoisotopic (exact) mass is 292 g/mol. The minimum absolute atomic E-state index is 0.496. The van der Waals surface area contributed by atoms with Crippen molar-refractivity contribution in [2.75, 3.05) is 32.1 Å². The molecular formula is C12H16N6OS. The van der Waals surface area contributed by atoms with Crippen LogP contribution in [0.15, 0.2) is 24.5 Å². The molecule has 3 rings (SSSR count). The average molecular weight is 292 g/mol. The van der Waals surface area contributed by atoms with Crippen molar-refractivity contribution in [2.45, 2.75) is 6.67 Å². The van der Waals surface area contributed by atoms with Gasteiger partial charge in [0.25, 0.3) is 0 Å². The van der Waals surface area contributed by atoms with E-state index in [-0.39, 0.29) is 0 Å². The molecule has 2 N–H and O–H groups in total. The van der Waals surface area contributed by atoms with Gasteiger partial charge in [0.1, 0.15) is 0 Å². The average Bonchev–Trinajstić information content (AvgIpc) is 2.78. The minimum atomic E-state index is 0.496. The molecule has 0 unspecified atom stereocenters. The summed E-state index contributed by atoms with van der Waals surface area (Å²) in [6.45, 7) is 3.86. The molecule has 1 aliphatic rings. The van der Waals surface area contributed by atoms with Gasteiger partial charge in [-0.2, -0.15) is 0 Å². The van der Waals surface area contributed by atoms with E-state index in [0.29, 0.717) is 17.3 Å². The third kappa shape index (κ3) is 2.58. The Morgan fingerprint density at radius 1 is 1.35 bits per heavy atom. The fourth-order valence-electron chi connectivity index (χ4n) is 2.14. The molecule has 1 fully saturated rings. The molecular weight excluding hydrogens is 276 g/mol. The molecule has 0 radical (unpaired) electrons. The maximum atomic E-state index is 6.00. The van der Waals surface area contributed by atoms with Gasteiger partial charge in [-0.25, -0.2) is 9.36 Å². The van der Waals surface area contributed by atoms with Crippen LogP contribution in [0.2, 0.25) is 0 Å². The lowest BCUT2D eigenvalue weighted by molar-refractivity contribution is 0.0210. The van der Waals surface area contributed by atoms with E-state index in [2.05, 4.69) is 15.0 Å². The molecule has 106 valence electrons. The summed E-state index contributed by atoms with van der Waals surface area (Å²) in [5, 5.41) is 4.50. The van der Waals surface area contributed by atoms with Gasteiger partial charge in [-0.15, -0.1) is 5.10 Å². The molecule has 0 saturated carbocycles. The van der Waals surface area contributed by atoms with Crippen LogP contribution in [0.25, 0.3) is 11.4 Å². The third-order valence-corrected chi connectivity index (χ3v) is 3.64. The standard InChI is InChI=1S/C12H16N6OS/c13-18-11(10-2-1-3-14-8-10)15-17(12(18)20)9-16-4-6-19-7-5-16/h1-3,8H,4-7,9,13H2. The SMILES string of the molecule is Nn1c(-c2cccnc2)nn(CN2CCOCC2)c1=S. The highest BCUT2D eigenvalue weighted by molar-refractivity contribution is 7.71. The second-order valence-electron chi connectivity index (χ2n) is 4.59. The molecule has 1 saturated heterocycles. The van der Waals surface area contributed by atoms with Crippen molar-refractivity contribution >= 4 is 12.2 Å². The molecule has 2 aromatic rings. The lowest BCUT2D eigenvalue weighted by Gasteiger charge is -2.25. The van der Waals surface area contributed by atoms with Gasteiger partial charge < -0.3 is 10.6 Å². The summed E-state index contributed by atoms with van der Waals surface area (Å²) < 4.78 is 8.99. The third-order valence-electron chi connectivity index (χ3n) is 3.23. The molecule has 0 aromatic carbocycles. The minimum Gasteiger partial charge on any atom is -0.379 e. The first-order valence-corrected chi connectivity index (χ1v) is 6.82. The predicted octanol–water partition coefficient (Wildman–Crippen LogP) is 0.480. The van der Waals surface area contributed by atoms with Gasteiger partial charge >= 0.3 is 0 Å². The van der Waals surface area contributed by atoms with E-state index in [1.54, 1.807) is 17.1 Å². The van der Waals surface area contributed by atoms with Gasteiger partial charge in [0, 0.05) is 31.0 Å². The normalized spacial score (nSPS) is 16.4. The van der Waals surface area contributed by atoms with Crippen LogP contribution in [-0.2, 0) is 11.4 Å². The zero-order valence-corrected chi connectivity index (χ0v) is 11.8. The molecule has 20 heavy (non-hydrogen) atoms. The number of nitrogens with two attached hydrogens (primary N) is 1. The molecule has 0 bridgehead atoms. The molecule has 8 heteroatoms. The van der Waals surface area contributed by atoms with Gasteiger partial charge in [0.2, 0.25) is 4.77 Å². The number of ether oxygens (including phenoxy) is 1. The van der Waals surface area contributed by atoms with Gasteiger partial charge in [-0.1, -0.05) is 0 Å². The van der Waals surface area contributed by atoms with E-state index >= 15 is 0 Å². The largest absolute Gasteiger partial charge is 0.379 e. The molecule has 1 aliphatic heterocycles. The first kappa shape index (κ1) is 13.2. The number of morpholine rings is 1. The fourth-order valence-corrected chi connectivity index (χ4v) is 2.32. The summed E-state index contributed by atoms with van der Waals surface area (Å²) in [4.78, 5) is 6.31. The zero-order valence-electron chi connectivity index (χ0n) is 11.0. The van der Waals surface area contributed by atoms with Crippen molar-refractivity contribution in [3.8, 4) is 11.4 Å². The summed E-state index contributed by atoms with van der Waals surface area (Å²) in [5.74, 6) is 6.62. The Balaban J connectivity index is 1.88. The van der Waals surface area contributed by atoms with E-state index in [1.807, 2.05) is 12.1 Å². The van der Waals surface area contributed by atoms with Crippen molar-refractivity contribution in [1.29, 1.82) is 0 Å². The van der Waals surface area contributed by atoms with Crippen LogP contribution >= 0.6 is 12.2 Å². The highest BCUT2D eigenvalue weighted by Gasteiger charge is 2.15. The van der Waals surface area contributed by atoms with Crippen molar-refractivity contribution < 1.29 is 4.74 Å². The van der Waals surface area contributed by atoms with E-state index in [4.69, 9.17) is 22.8 Å². The topological polar surface area (TPSA) is 74.1 Å². The Bertz CT molecular complexity index is 631. The second-order valence-corrected chi connectivity index (χ2v) is 4.95. The Morgan fingerprint density at radius 2 is 2.15 bits per heavy atom. The zero-order chi connectivity index (χ0) is 13.9. The van der Waals surface area contributed by atoms with Crippen LogP contribution in [0.3, 0.4) is 0 Å². The first-order valence-electron chi connectivity index (χ1n) is 6.41. The van der Waals surface area contributed by atoms with Gasteiger partial charge in [0.05, 0.1) is 19.9 Å². The number of hydrogen-bond donors (Lipinski definition) is 1. The lowest BCUT2D eigenvalue weighted by Crippen LogP contribution is -2.37. The molecule has 3 heterocycles.